The zero-order valence-electron chi connectivity index (χ0n) is 11.5. The highest BCUT2D eigenvalue weighted by Gasteiger charge is 2.39. The van der Waals surface area contributed by atoms with Crippen molar-refractivity contribution in [1.29, 1.82) is 5.26 Å². The zero-order chi connectivity index (χ0) is 14.0. The molecule has 20 heavy (non-hydrogen) atoms. The third kappa shape index (κ3) is 2.33. The Morgan fingerprint density at radius 1 is 1.45 bits per heavy atom. The van der Waals surface area contributed by atoms with Crippen molar-refractivity contribution in [2.75, 3.05) is 7.05 Å². The van der Waals surface area contributed by atoms with Gasteiger partial charge in [0.2, 0.25) is 0 Å². The standard InChI is InChI=1S/C16H17N3O/c1-18-16(11-17)7-6-14(10-16)20-13-5-4-12-3-2-8-19-15(12)9-13/h2-5,8-9,14,18H,6-7,10H2,1H3. The summed E-state index contributed by atoms with van der Waals surface area (Å²) in [6.07, 6.45) is 4.32. The van der Waals surface area contributed by atoms with Crippen molar-refractivity contribution in [3.8, 4) is 11.8 Å². The molecule has 1 N–H and O–H groups in total. The monoisotopic (exact) mass is 267 g/mol. The Morgan fingerprint density at radius 2 is 2.35 bits per heavy atom. The van der Waals surface area contributed by atoms with E-state index in [-0.39, 0.29) is 6.10 Å². The summed E-state index contributed by atoms with van der Waals surface area (Å²) in [4.78, 5) is 4.33. The average Bonchev–Trinajstić information content (AvgIpc) is 2.91. The minimum absolute atomic E-state index is 0.0864. The molecule has 0 aliphatic heterocycles. The van der Waals surface area contributed by atoms with Gasteiger partial charge in [-0.15, -0.1) is 0 Å². The number of rotatable bonds is 3. The number of aromatic nitrogens is 1. The predicted molar refractivity (Wildman–Crippen MR) is 77.4 cm³/mol. The molecule has 2 unspecified atom stereocenters. The maximum absolute atomic E-state index is 9.26. The lowest BCUT2D eigenvalue weighted by Gasteiger charge is -2.20. The normalized spacial score (nSPS) is 25.5. The Morgan fingerprint density at radius 3 is 3.10 bits per heavy atom. The van der Waals surface area contributed by atoms with Gasteiger partial charge in [0.15, 0.2) is 0 Å². The van der Waals surface area contributed by atoms with Crippen LogP contribution in [0.3, 0.4) is 0 Å². The highest BCUT2D eigenvalue weighted by Crippen LogP contribution is 2.32. The van der Waals surface area contributed by atoms with Gasteiger partial charge in [-0.1, -0.05) is 6.07 Å². The highest BCUT2D eigenvalue weighted by atomic mass is 16.5. The minimum Gasteiger partial charge on any atom is -0.490 e. The van der Waals surface area contributed by atoms with Crippen molar-refractivity contribution in [3.63, 3.8) is 0 Å². The van der Waals surface area contributed by atoms with E-state index in [0.29, 0.717) is 0 Å². The first-order valence-corrected chi connectivity index (χ1v) is 6.86. The SMILES string of the molecule is CNC1(C#N)CCC(Oc2ccc3cccnc3c2)C1. The molecule has 0 bridgehead atoms. The lowest BCUT2D eigenvalue weighted by atomic mass is 10.0. The second kappa shape index (κ2) is 5.10. The first-order chi connectivity index (χ1) is 9.74. The summed E-state index contributed by atoms with van der Waals surface area (Å²) < 4.78 is 6.01. The molecule has 0 saturated heterocycles. The number of nitrogens with zero attached hydrogens (tertiary/aromatic N) is 2. The third-order valence-corrected chi connectivity index (χ3v) is 4.04. The third-order valence-electron chi connectivity index (χ3n) is 4.04. The second-order valence-electron chi connectivity index (χ2n) is 5.28. The van der Waals surface area contributed by atoms with Crippen molar-refractivity contribution >= 4 is 10.9 Å². The molecule has 0 radical (unpaired) electrons. The predicted octanol–water partition coefficient (Wildman–Crippen LogP) is 2.65. The van der Waals surface area contributed by atoms with Gasteiger partial charge < -0.3 is 10.1 Å². The summed E-state index contributed by atoms with van der Waals surface area (Å²) in [5.41, 5.74) is 0.503. The van der Waals surface area contributed by atoms with Crippen molar-refractivity contribution < 1.29 is 4.74 Å². The van der Waals surface area contributed by atoms with Gasteiger partial charge in [-0.25, -0.2) is 0 Å². The first kappa shape index (κ1) is 12.9. The fraction of sp³-hybridized carbons (Fsp3) is 0.375. The van der Waals surface area contributed by atoms with E-state index in [2.05, 4.69) is 16.4 Å². The van der Waals surface area contributed by atoms with Gasteiger partial charge in [-0.3, -0.25) is 4.98 Å². The molecule has 1 fully saturated rings. The van der Waals surface area contributed by atoms with Gasteiger partial charge in [0, 0.05) is 24.1 Å². The number of hydrogen-bond donors (Lipinski definition) is 1. The molecule has 1 aromatic carbocycles. The Balaban J connectivity index is 1.76. The van der Waals surface area contributed by atoms with Crippen LogP contribution in [0.1, 0.15) is 19.3 Å². The maximum atomic E-state index is 9.26. The van der Waals surface area contributed by atoms with E-state index in [1.807, 2.05) is 37.4 Å². The molecule has 2 atom stereocenters. The molecule has 1 saturated carbocycles. The van der Waals surface area contributed by atoms with Gasteiger partial charge in [-0.2, -0.15) is 5.26 Å². The van der Waals surface area contributed by atoms with E-state index < -0.39 is 5.54 Å². The second-order valence-corrected chi connectivity index (χ2v) is 5.28. The number of ether oxygens (including phenoxy) is 1. The van der Waals surface area contributed by atoms with Crippen LogP contribution in [0.5, 0.6) is 5.75 Å². The highest BCUT2D eigenvalue weighted by molar-refractivity contribution is 5.79. The zero-order valence-corrected chi connectivity index (χ0v) is 11.5. The van der Waals surface area contributed by atoms with E-state index in [1.54, 1.807) is 6.20 Å². The van der Waals surface area contributed by atoms with Crippen molar-refractivity contribution in [2.24, 2.45) is 0 Å². The van der Waals surface area contributed by atoms with Crippen LogP contribution in [0.15, 0.2) is 36.5 Å². The van der Waals surface area contributed by atoms with Gasteiger partial charge in [0.05, 0.1) is 11.6 Å². The Bertz CT molecular complexity index is 664. The number of nitrogens with one attached hydrogen (secondary N) is 1. The van der Waals surface area contributed by atoms with Crippen molar-refractivity contribution in [3.05, 3.63) is 36.5 Å². The summed E-state index contributed by atoms with van der Waals surface area (Å²) in [7, 11) is 1.84. The topological polar surface area (TPSA) is 57.9 Å². The quantitative estimate of drug-likeness (QED) is 0.928. The van der Waals surface area contributed by atoms with Gasteiger partial charge in [0.25, 0.3) is 0 Å². The van der Waals surface area contributed by atoms with Crippen LogP contribution >= 0.6 is 0 Å². The van der Waals surface area contributed by atoms with Crippen LogP contribution in [-0.2, 0) is 0 Å². The summed E-state index contributed by atoms with van der Waals surface area (Å²) >= 11 is 0. The van der Waals surface area contributed by atoms with Crippen molar-refractivity contribution in [1.82, 2.24) is 10.3 Å². The molecular formula is C16H17N3O. The molecule has 1 heterocycles. The summed E-state index contributed by atoms with van der Waals surface area (Å²) in [6.45, 7) is 0. The molecule has 1 aliphatic carbocycles. The van der Waals surface area contributed by atoms with Crippen LogP contribution < -0.4 is 10.1 Å². The Labute approximate surface area is 118 Å². The minimum atomic E-state index is -0.431. The summed E-state index contributed by atoms with van der Waals surface area (Å²) in [5.74, 6) is 0.825. The van der Waals surface area contributed by atoms with E-state index >= 15 is 0 Å². The number of fused-ring (bicyclic) bond motifs is 1. The van der Waals surface area contributed by atoms with E-state index in [9.17, 15) is 5.26 Å². The number of hydrogen-bond acceptors (Lipinski definition) is 4. The summed E-state index contributed by atoms with van der Waals surface area (Å²) in [5, 5.41) is 13.5. The molecule has 4 nitrogen and oxygen atoms in total. The van der Waals surface area contributed by atoms with Gasteiger partial charge >= 0.3 is 0 Å². The largest absolute Gasteiger partial charge is 0.490 e. The molecule has 0 spiro atoms. The molecule has 0 amide bonds. The van der Waals surface area contributed by atoms with Crippen molar-refractivity contribution in [2.45, 2.75) is 30.9 Å². The lowest BCUT2D eigenvalue weighted by Crippen LogP contribution is -2.39. The van der Waals surface area contributed by atoms with Crippen LogP contribution in [0.4, 0.5) is 0 Å². The summed E-state index contributed by atoms with van der Waals surface area (Å²) in [6, 6.07) is 12.3. The number of pyridine rings is 1. The lowest BCUT2D eigenvalue weighted by molar-refractivity contribution is 0.202. The van der Waals surface area contributed by atoms with Crippen LogP contribution in [0.25, 0.3) is 10.9 Å². The smallest absolute Gasteiger partial charge is 0.121 e. The number of nitriles is 1. The van der Waals surface area contributed by atoms with Crippen LogP contribution in [0.2, 0.25) is 0 Å². The van der Waals surface area contributed by atoms with Gasteiger partial charge in [0.1, 0.15) is 17.4 Å². The number of benzene rings is 1. The molecular weight excluding hydrogens is 250 g/mol. The van der Waals surface area contributed by atoms with E-state index in [0.717, 1.165) is 35.9 Å². The van der Waals surface area contributed by atoms with E-state index in [4.69, 9.17) is 4.74 Å². The Kier molecular flexibility index (Phi) is 3.29. The molecule has 1 aromatic heterocycles. The molecule has 4 heteroatoms. The molecule has 102 valence electrons. The van der Waals surface area contributed by atoms with Crippen LogP contribution in [-0.4, -0.2) is 23.7 Å². The van der Waals surface area contributed by atoms with E-state index in [1.165, 1.54) is 0 Å². The van der Waals surface area contributed by atoms with Crippen LogP contribution in [0, 0.1) is 11.3 Å². The maximum Gasteiger partial charge on any atom is 0.121 e. The first-order valence-electron chi connectivity index (χ1n) is 6.86. The Hall–Kier alpha value is -2.12. The van der Waals surface area contributed by atoms with Gasteiger partial charge in [-0.05, 0) is 38.1 Å². The molecule has 1 aliphatic rings. The molecule has 3 rings (SSSR count). The fourth-order valence-electron chi connectivity index (χ4n) is 2.80. The average molecular weight is 267 g/mol. The molecule has 2 aromatic rings. The fourth-order valence-corrected chi connectivity index (χ4v) is 2.80.